The van der Waals surface area contributed by atoms with Crippen LogP contribution in [0.2, 0.25) is 0 Å². The van der Waals surface area contributed by atoms with E-state index in [2.05, 4.69) is 0 Å². The van der Waals surface area contributed by atoms with E-state index in [9.17, 15) is 17.7 Å². The number of rotatable bonds is 2. The molecule has 0 N–H and O–H groups in total. The number of anilines is 1. The van der Waals surface area contributed by atoms with E-state index in [1.165, 1.54) is 6.07 Å². The second-order valence-electron chi connectivity index (χ2n) is 6.37. The predicted molar refractivity (Wildman–Crippen MR) is 103 cm³/mol. The summed E-state index contributed by atoms with van der Waals surface area (Å²) in [6, 6.07) is 19.9. The van der Waals surface area contributed by atoms with Crippen molar-refractivity contribution in [1.82, 2.24) is 0 Å². The Morgan fingerprint density at radius 1 is 0.889 bits per heavy atom. The van der Waals surface area contributed by atoms with Gasteiger partial charge in [-0.05, 0) is 42.8 Å². The Hall–Kier alpha value is -2.52. The zero-order valence-electron chi connectivity index (χ0n) is 14.6. The summed E-state index contributed by atoms with van der Waals surface area (Å²) in [6.07, 6.45) is -4.46. The topological polar surface area (TPSA) is 20.3 Å². The molecule has 0 aliphatic carbocycles. The Labute approximate surface area is 155 Å². The molecule has 6 heteroatoms. The molecule has 0 unspecified atom stereocenters. The molecule has 0 aromatic heterocycles. The van der Waals surface area contributed by atoms with Gasteiger partial charge in [0.25, 0.3) is 0 Å². The Balaban J connectivity index is 2.06. The molecule has 27 heavy (non-hydrogen) atoms. The summed E-state index contributed by atoms with van der Waals surface area (Å²) in [5, 5.41) is 1.27. The van der Waals surface area contributed by atoms with E-state index in [1.54, 1.807) is 28.9 Å². The van der Waals surface area contributed by atoms with Crippen LogP contribution in [0.1, 0.15) is 12.5 Å². The van der Waals surface area contributed by atoms with Crippen molar-refractivity contribution >= 4 is 23.6 Å². The van der Waals surface area contributed by atoms with Crippen molar-refractivity contribution in [2.24, 2.45) is 0 Å². The van der Waals surface area contributed by atoms with Gasteiger partial charge in [-0.1, -0.05) is 42.5 Å². The highest BCUT2D eigenvalue weighted by molar-refractivity contribution is 7.80. The van der Waals surface area contributed by atoms with Gasteiger partial charge in [-0.15, -0.1) is 0 Å². The summed E-state index contributed by atoms with van der Waals surface area (Å²) in [5.74, 6) is 0. The van der Waals surface area contributed by atoms with Crippen LogP contribution in [0.15, 0.2) is 72.8 Å². The molecule has 3 aromatic rings. The van der Waals surface area contributed by atoms with E-state index in [1.807, 2.05) is 37.3 Å². The number of nitrogens with zero attached hydrogens (tertiary/aromatic N) is 1. The maximum atomic E-state index is 14.4. The molecule has 0 saturated heterocycles. The third-order valence-electron chi connectivity index (χ3n) is 4.87. The van der Waals surface area contributed by atoms with E-state index >= 15 is 0 Å². The summed E-state index contributed by atoms with van der Waals surface area (Å²) < 4.78 is 56.0. The second kappa shape index (κ2) is 6.28. The maximum Gasteiger partial charge on any atom is 0.416 e. The highest BCUT2D eigenvalue weighted by atomic mass is 31.2. The quantitative estimate of drug-likeness (QED) is 0.546. The lowest BCUT2D eigenvalue weighted by Crippen LogP contribution is -2.36. The number of fused-ring (bicyclic) bond motifs is 3. The van der Waals surface area contributed by atoms with Gasteiger partial charge in [0, 0.05) is 22.7 Å². The SMILES string of the molecule is CCN1c2cc(C(F)(F)F)ccc2-c2ccccc2[P@]1(=O)c1ccccc1. The standard InChI is InChI=1S/C21H17F3NOP/c1-2-25-19-14-15(21(22,23)24)12-13-17(19)18-10-6-7-11-20(18)27(25,26)16-8-4-3-5-9-16/h3-14H,2H2,1H3/t27-/m1/s1. The minimum atomic E-state index is -4.46. The first-order valence-electron chi connectivity index (χ1n) is 8.62. The average molecular weight is 387 g/mol. The molecular formula is C21H17F3NOP. The van der Waals surface area contributed by atoms with Crippen molar-refractivity contribution in [3.8, 4) is 11.1 Å². The number of hydrogen-bond donors (Lipinski definition) is 0. The van der Waals surface area contributed by atoms with Crippen LogP contribution in [0.3, 0.4) is 0 Å². The van der Waals surface area contributed by atoms with Crippen molar-refractivity contribution < 1.29 is 17.7 Å². The predicted octanol–water partition coefficient (Wildman–Crippen LogP) is 5.44. The molecule has 0 spiro atoms. The third kappa shape index (κ3) is 2.69. The fraction of sp³-hybridized carbons (Fsp3) is 0.143. The molecule has 1 aliphatic rings. The zero-order chi connectivity index (χ0) is 19.2. The summed E-state index contributed by atoms with van der Waals surface area (Å²) >= 11 is 0. The number of hydrogen-bond acceptors (Lipinski definition) is 1. The van der Waals surface area contributed by atoms with Crippen LogP contribution in [0, 0.1) is 0 Å². The molecule has 0 radical (unpaired) electrons. The summed E-state index contributed by atoms with van der Waals surface area (Å²) in [5.41, 5.74) is 1.01. The van der Waals surface area contributed by atoms with E-state index in [0.29, 0.717) is 28.4 Å². The minimum Gasteiger partial charge on any atom is -0.315 e. The normalized spacial score (nSPS) is 18.7. The average Bonchev–Trinajstić information content (AvgIpc) is 2.68. The van der Waals surface area contributed by atoms with Gasteiger partial charge < -0.3 is 4.67 Å². The fourth-order valence-corrected chi connectivity index (χ4v) is 6.74. The lowest BCUT2D eigenvalue weighted by Gasteiger charge is -2.40. The van der Waals surface area contributed by atoms with E-state index in [-0.39, 0.29) is 0 Å². The number of halogens is 3. The Bertz CT molecular complexity index is 1050. The Morgan fingerprint density at radius 3 is 2.22 bits per heavy atom. The van der Waals surface area contributed by atoms with Crippen molar-refractivity contribution in [2.75, 3.05) is 11.2 Å². The molecule has 0 fully saturated rings. The largest absolute Gasteiger partial charge is 0.416 e. The lowest BCUT2D eigenvalue weighted by molar-refractivity contribution is -0.137. The summed E-state index contributed by atoms with van der Waals surface area (Å²) in [4.78, 5) is 0. The molecule has 1 heterocycles. The molecule has 0 amide bonds. The van der Waals surface area contributed by atoms with Crippen LogP contribution < -0.4 is 15.3 Å². The first-order chi connectivity index (χ1) is 12.9. The number of benzene rings is 3. The Kier molecular flexibility index (Phi) is 4.15. The fourth-order valence-electron chi connectivity index (χ4n) is 3.67. The van der Waals surface area contributed by atoms with Gasteiger partial charge >= 0.3 is 6.18 Å². The third-order valence-corrected chi connectivity index (χ3v) is 8.09. The van der Waals surface area contributed by atoms with Gasteiger partial charge in [-0.3, -0.25) is 4.57 Å². The maximum absolute atomic E-state index is 14.4. The first kappa shape index (κ1) is 17.9. The highest BCUT2D eigenvalue weighted by Crippen LogP contribution is 2.57. The molecule has 138 valence electrons. The molecular weight excluding hydrogens is 370 g/mol. The van der Waals surface area contributed by atoms with Crippen molar-refractivity contribution in [3.05, 3.63) is 78.4 Å². The summed E-state index contributed by atoms with van der Waals surface area (Å²) in [7, 11) is -3.30. The van der Waals surface area contributed by atoms with E-state index in [4.69, 9.17) is 0 Å². The van der Waals surface area contributed by atoms with Crippen LogP contribution in [-0.4, -0.2) is 6.54 Å². The zero-order valence-corrected chi connectivity index (χ0v) is 15.5. The molecule has 0 saturated carbocycles. The highest BCUT2D eigenvalue weighted by Gasteiger charge is 2.42. The van der Waals surface area contributed by atoms with Crippen LogP contribution in [0.25, 0.3) is 11.1 Å². The lowest BCUT2D eigenvalue weighted by atomic mass is 10.0. The van der Waals surface area contributed by atoms with Gasteiger partial charge in [0.05, 0.1) is 11.3 Å². The first-order valence-corrected chi connectivity index (χ1v) is 10.3. The van der Waals surface area contributed by atoms with Gasteiger partial charge in [-0.2, -0.15) is 13.2 Å². The van der Waals surface area contributed by atoms with Crippen molar-refractivity contribution in [1.29, 1.82) is 0 Å². The minimum absolute atomic E-state index is 0.328. The molecule has 1 aliphatic heterocycles. The van der Waals surface area contributed by atoms with E-state index in [0.717, 1.165) is 17.7 Å². The second-order valence-corrected chi connectivity index (χ2v) is 9.01. The van der Waals surface area contributed by atoms with Crippen molar-refractivity contribution in [2.45, 2.75) is 13.1 Å². The van der Waals surface area contributed by atoms with Gasteiger partial charge in [0.15, 0.2) is 0 Å². The molecule has 3 aromatic carbocycles. The molecule has 2 nitrogen and oxygen atoms in total. The van der Waals surface area contributed by atoms with Gasteiger partial charge in [0.2, 0.25) is 7.29 Å². The number of alkyl halides is 3. The van der Waals surface area contributed by atoms with Crippen LogP contribution in [-0.2, 0) is 10.7 Å². The smallest absolute Gasteiger partial charge is 0.315 e. The van der Waals surface area contributed by atoms with Gasteiger partial charge in [0.1, 0.15) is 0 Å². The van der Waals surface area contributed by atoms with Gasteiger partial charge in [-0.25, -0.2) is 0 Å². The summed E-state index contributed by atoms with van der Waals surface area (Å²) in [6.45, 7) is 2.14. The van der Waals surface area contributed by atoms with Crippen LogP contribution in [0.4, 0.5) is 18.9 Å². The Morgan fingerprint density at radius 2 is 1.56 bits per heavy atom. The molecule has 1 atom stereocenters. The van der Waals surface area contributed by atoms with Crippen LogP contribution in [0.5, 0.6) is 0 Å². The monoisotopic (exact) mass is 387 g/mol. The molecule has 4 rings (SSSR count). The van der Waals surface area contributed by atoms with E-state index < -0.39 is 19.0 Å². The van der Waals surface area contributed by atoms with Crippen LogP contribution >= 0.6 is 7.29 Å². The van der Waals surface area contributed by atoms with Crippen molar-refractivity contribution in [3.63, 3.8) is 0 Å². The molecule has 0 bridgehead atoms.